The zero-order valence-electron chi connectivity index (χ0n) is 22.3. The molecule has 12 heteroatoms. The summed E-state index contributed by atoms with van der Waals surface area (Å²) in [4.78, 5) is 10.4. The van der Waals surface area contributed by atoms with Gasteiger partial charge < -0.3 is 23.4 Å². The first-order valence-electron chi connectivity index (χ1n) is 13.0. The van der Waals surface area contributed by atoms with Crippen LogP contribution < -0.4 is 14.2 Å². The largest absolute Gasteiger partial charge is 0.496 e. The summed E-state index contributed by atoms with van der Waals surface area (Å²) >= 11 is 9.21. The van der Waals surface area contributed by atoms with E-state index in [1.54, 1.807) is 30.1 Å². The molecule has 210 valence electrons. The minimum Gasteiger partial charge on any atom is -0.496 e. The highest BCUT2D eigenvalue weighted by atomic mass is 35.5. The van der Waals surface area contributed by atoms with Gasteiger partial charge in [-0.3, -0.25) is 0 Å². The lowest BCUT2D eigenvalue weighted by molar-refractivity contribution is 0.0629. The van der Waals surface area contributed by atoms with Crippen LogP contribution in [-0.2, 0) is 16.8 Å². The van der Waals surface area contributed by atoms with Gasteiger partial charge in [-0.05, 0) is 47.9 Å². The molecule has 1 aliphatic heterocycles. The number of thiazole rings is 1. The maximum atomic E-state index is 6.34. The van der Waals surface area contributed by atoms with Crippen LogP contribution in [0.4, 0.5) is 0 Å². The minimum absolute atomic E-state index is 0.203. The number of furan rings is 1. The highest BCUT2D eigenvalue weighted by Gasteiger charge is 2.39. The fourth-order valence-corrected chi connectivity index (χ4v) is 7.10. The van der Waals surface area contributed by atoms with Gasteiger partial charge >= 0.3 is 0 Å². The van der Waals surface area contributed by atoms with E-state index in [9.17, 15) is 0 Å². The Labute approximate surface area is 248 Å². The highest BCUT2D eigenvalue weighted by Crippen LogP contribution is 2.43. The van der Waals surface area contributed by atoms with Gasteiger partial charge in [0.2, 0.25) is 4.96 Å². The number of hydrogen-bond acceptors (Lipinski definition) is 10. The normalized spacial score (nSPS) is 15.0. The standard InChI is InChI=1S/C29H25ClN4O5S2/c1-35-20-11-23(21-13-25(39-24(21)12-20)22-14-34-27(32-22)41-28(33-34)36-2)38-15-19-16-40-26(31-19)29(7-9-37-10-8-29)17-3-5-18(30)6-4-17/h3-6,11-14,16H,7-10,15H2,1-2H3. The van der Waals surface area contributed by atoms with Gasteiger partial charge in [-0.2, -0.15) is 0 Å². The van der Waals surface area contributed by atoms with Crippen LogP contribution in [-0.4, -0.2) is 47.0 Å². The Morgan fingerprint density at radius 3 is 2.63 bits per heavy atom. The summed E-state index contributed by atoms with van der Waals surface area (Å²) in [5.74, 6) is 1.88. The molecule has 0 radical (unpaired) electrons. The van der Waals surface area contributed by atoms with Crippen LogP contribution in [0.15, 0.2) is 58.5 Å². The second-order valence-corrected chi connectivity index (χ2v) is 11.9. The van der Waals surface area contributed by atoms with Gasteiger partial charge in [0.15, 0.2) is 5.76 Å². The van der Waals surface area contributed by atoms with E-state index in [-0.39, 0.29) is 5.41 Å². The molecule has 2 aromatic carbocycles. The Morgan fingerprint density at radius 2 is 1.88 bits per heavy atom. The van der Waals surface area contributed by atoms with E-state index >= 15 is 0 Å². The summed E-state index contributed by atoms with van der Waals surface area (Å²) in [5, 5.41) is 9.57. The smallest absolute Gasteiger partial charge is 0.294 e. The van der Waals surface area contributed by atoms with E-state index < -0.39 is 0 Å². The topological polar surface area (TPSA) is 93.1 Å². The lowest BCUT2D eigenvalue weighted by Crippen LogP contribution is -2.35. The Morgan fingerprint density at radius 1 is 1.05 bits per heavy atom. The molecule has 1 aliphatic rings. The van der Waals surface area contributed by atoms with Gasteiger partial charge in [0.1, 0.15) is 34.4 Å². The molecule has 7 rings (SSSR count). The number of rotatable bonds is 8. The molecule has 1 fully saturated rings. The van der Waals surface area contributed by atoms with Crippen molar-refractivity contribution in [3.8, 4) is 28.1 Å². The van der Waals surface area contributed by atoms with E-state index in [4.69, 9.17) is 39.9 Å². The van der Waals surface area contributed by atoms with Crippen molar-refractivity contribution in [1.82, 2.24) is 19.6 Å². The second kappa shape index (κ2) is 10.6. The zero-order chi connectivity index (χ0) is 28.0. The third-order valence-corrected chi connectivity index (χ3v) is 9.57. The number of ether oxygens (including phenoxy) is 4. The SMILES string of the molecule is COc1cc(OCc2csc(C3(c4ccc(Cl)cc4)CCOCC3)n2)c2cc(-c3cn4nc(OC)sc4n3)oc2c1. The van der Waals surface area contributed by atoms with Crippen molar-refractivity contribution < 1.29 is 23.4 Å². The van der Waals surface area contributed by atoms with Crippen molar-refractivity contribution in [2.24, 2.45) is 0 Å². The van der Waals surface area contributed by atoms with Crippen LogP contribution in [0.5, 0.6) is 16.7 Å². The predicted octanol–water partition coefficient (Wildman–Crippen LogP) is 7.01. The molecular formula is C29H25ClN4O5S2. The molecule has 0 saturated carbocycles. The van der Waals surface area contributed by atoms with Crippen LogP contribution in [0.3, 0.4) is 0 Å². The number of imidazole rings is 1. The number of hydrogen-bond donors (Lipinski definition) is 0. The second-order valence-electron chi connectivity index (χ2n) is 9.71. The van der Waals surface area contributed by atoms with Gasteiger partial charge in [0.25, 0.3) is 5.19 Å². The summed E-state index contributed by atoms with van der Waals surface area (Å²) in [6.45, 7) is 1.68. The number of nitrogens with zero attached hydrogens (tertiary/aromatic N) is 4. The zero-order valence-corrected chi connectivity index (χ0v) is 24.6. The van der Waals surface area contributed by atoms with Crippen LogP contribution in [0.25, 0.3) is 27.4 Å². The maximum Gasteiger partial charge on any atom is 0.294 e. The first-order valence-corrected chi connectivity index (χ1v) is 15.1. The van der Waals surface area contributed by atoms with Crippen molar-refractivity contribution in [2.75, 3.05) is 27.4 Å². The summed E-state index contributed by atoms with van der Waals surface area (Å²) in [6.07, 6.45) is 3.54. The van der Waals surface area contributed by atoms with E-state index in [1.165, 1.54) is 16.9 Å². The molecule has 4 aromatic heterocycles. The molecule has 0 aliphatic carbocycles. The number of aromatic nitrogens is 4. The lowest BCUT2D eigenvalue weighted by Gasteiger charge is -2.36. The molecule has 0 bridgehead atoms. The molecule has 6 aromatic rings. The monoisotopic (exact) mass is 608 g/mol. The Hall–Kier alpha value is -3.64. The molecule has 0 N–H and O–H groups in total. The van der Waals surface area contributed by atoms with E-state index in [1.807, 2.05) is 36.5 Å². The Bertz CT molecular complexity index is 1800. The van der Waals surface area contributed by atoms with Gasteiger partial charge in [0, 0.05) is 35.7 Å². The van der Waals surface area contributed by atoms with Crippen LogP contribution in [0.1, 0.15) is 29.1 Å². The summed E-state index contributed by atoms with van der Waals surface area (Å²) in [6, 6.07) is 13.7. The maximum absolute atomic E-state index is 6.34. The van der Waals surface area contributed by atoms with Gasteiger partial charge in [-0.1, -0.05) is 23.7 Å². The predicted molar refractivity (Wildman–Crippen MR) is 158 cm³/mol. The van der Waals surface area contributed by atoms with Crippen LogP contribution >= 0.6 is 34.3 Å². The van der Waals surface area contributed by atoms with E-state index in [2.05, 4.69) is 27.6 Å². The third-order valence-electron chi connectivity index (χ3n) is 7.34. The summed E-state index contributed by atoms with van der Waals surface area (Å²) < 4.78 is 30.6. The molecule has 0 amide bonds. The highest BCUT2D eigenvalue weighted by molar-refractivity contribution is 7.18. The molecule has 0 spiro atoms. The third kappa shape index (κ3) is 4.82. The molecular weight excluding hydrogens is 584 g/mol. The first kappa shape index (κ1) is 26.3. The number of fused-ring (bicyclic) bond motifs is 2. The number of halogens is 1. The number of benzene rings is 2. The fraction of sp³-hybridized carbons (Fsp3) is 0.276. The van der Waals surface area contributed by atoms with Crippen molar-refractivity contribution in [1.29, 1.82) is 0 Å². The molecule has 41 heavy (non-hydrogen) atoms. The summed E-state index contributed by atoms with van der Waals surface area (Å²) in [7, 11) is 3.20. The molecule has 1 saturated heterocycles. The van der Waals surface area contributed by atoms with Crippen molar-refractivity contribution in [2.45, 2.75) is 24.9 Å². The van der Waals surface area contributed by atoms with Crippen molar-refractivity contribution in [3.05, 3.63) is 75.3 Å². The average Bonchev–Trinajstić information content (AvgIpc) is 3.79. The van der Waals surface area contributed by atoms with Gasteiger partial charge in [0.05, 0.1) is 36.9 Å². The molecule has 0 unspecified atom stereocenters. The van der Waals surface area contributed by atoms with Crippen molar-refractivity contribution in [3.63, 3.8) is 0 Å². The number of methoxy groups -OCH3 is 2. The van der Waals surface area contributed by atoms with Crippen molar-refractivity contribution >= 4 is 50.2 Å². The average molecular weight is 609 g/mol. The van der Waals surface area contributed by atoms with Gasteiger partial charge in [-0.25, -0.2) is 14.5 Å². The lowest BCUT2D eigenvalue weighted by atomic mass is 9.74. The Kier molecular flexibility index (Phi) is 6.82. The molecule has 9 nitrogen and oxygen atoms in total. The van der Waals surface area contributed by atoms with Crippen LogP contribution in [0, 0.1) is 0 Å². The fourth-order valence-electron chi connectivity index (χ4n) is 5.19. The van der Waals surface area contributed by atoms with E-state index in [0.29, 0.717) is 58.5 Å². The summed E-state index contributed by atoms with van der Waals surface area (Å²) in [5.41, 5.74) is 3.17. The molecule has 5 heterocycles. The van der Waals surface area contributed by atoms with E-state index in [0.717, 1.165) is 34.0 Å². The van der Waals surface area contributed by atoms with Crippen LogP contribution in [0.2, 0.25) is 5.02 Å². The minimum atomic E-state index is -0.203. The molecule has 0 atom stereocenters. The first-order chi connectivity index (χ1) is 20.0. The quantitative estimate of drug-likeness (QED) is 0.182. The Balaban J connectivity index is 1.17. The van der Waals surface area contributed by atoms with Gasteiger partial charge in [-0.15, -0.1) is 16.4 Å².